The number of halogens is 1. The molecule has 1 aromatic heterocycles. The van der Waals surface area contributed by atoms with Crippen LogP contribution in [0.2, 0.25) is 0 Å². The molecule has 18 heavy (non-hydrogen) atoms. The fraction of sp³-hybridized carbons (Fsp3) is 0.700. The Morgan fingerprint density at radius 2 is 2.17 bits per heavy atom. The van der Waals surface area contributed by atoms with Gasteiger partial charge in [-0.15, -0.1) is 22.6 Å². The maximum absolute atomic E-state index is 11.6. The summed E-state index contributed by atoms with van der Waals surface area (Å²) < 4.78 is 1.90. The van der Waals surface area contributed by atoms with Gasteiger partial charge in [-0.1, -0.05) is 11.8 Å². The molecule has 0 aliphatic rings. The van der Waals surface area contributed by atoms with Gasteiger partial charge in [0.1, 0.15) is 5.82 Å². The number of amides is 1. The number of hydrogen-bond donors (Lipinski definition) is 2. The topological polar surface area (TPSA) is 71.8 Å². The minimum absolute atomic E-state index is 0. The molecular weight excluding hydrogens is 274 g/mol. The molecule has 1 rings (SSSR count). The molecule has 0 aliphatic heterocycles. The second kappa shape index (κ2) is 8.34. The van der Waals surface area contributed by atoms with Gasteiger partial charge in [-0.3, -0.25) is 4.79 Å². The average Bonchev–Trinajstić information content (AvgIpc) is 2.62. The highest BCUT2D eigenvalue weighted by molar-refractivity contribution is 8.00. The Morgan fingerprint density at radius 3 is 2.72 bits per heavy atom. The van der Waals surface area contributed by atoms with Crippen LogP contribution in [0.1, 0.15) is 19.7 Å². The Morgan fingerprint density at radius 1 is 1.50 bits per heavy atom. The molecule has 0 fully saturated rings. The molecule has 0 aromatic carbocycles. The average molecular weight is 294 g/mol. The van der Waals surface area contributed by atoms with Crippen molar-refractivity contribution in [1.29, 1.82) is 0 Å². The number of hydrogen-bond acceptors (Lipinski definition) is 5. The van der Waals surface area contributed by atoms with Crippen molar-refractivity contribution in [3.05, 3.63) is 5.82 Å². The summed E-state index contributed by atoms with van der Waals surface area (Å²) in [7, 11) is 3.76. The van der Waals surface area contributed by atoms with Gasteiger partial charge < -0.3 is 15.2 Å². The van der Waals surface area contributed by atoms with Gasteiger partial charge in [0.15, 0.2) is 5.16 Å². The molecule has 0 spiro atoms. The minimum atomic E-state index is -0.166. The molecule has 1 amide bonds. The van der Waals surface area contributed by atoms with Gasteiger partial charge >= 0.3 is 0 Å². The summed E-state index contributed by atoms with van der Waals surface area (Å²) in [4.78, 5) is 11.6. The molecule has 1 atom stereocenters. The summed E-state index contributed by atoms with van der Waals surface area (Å²) in [6.07, 6.45) is 0. The molecule has 0 bridgehead atoms. The largest absolute Gasteiger partial charge is 0.355 e. The standard InChI is InChI=1S/C10H19N5OS.ClH/c1-5-12-9(16)7(2)17-10-14-13-8(6-11-3)15(10)4;/h7,11H,5-6H2,1-4H3,(H,12,16);1H. The van der Waals surface area contributed by atoms with Crippen LogP contribution in [0.4, 0.5) is 0 Å². The molecule has 2 N–H and O–H groups in total. The zero-order valence-corrected chi connectivity index (χ0v) is 12.7. The summed E-state index contributed by atoms with van der Waals surface area (Å²) in [5.74, 6) is 0.883. The van der Waals surface area contributed by atoms with E-state index in [2.05, 4.69) is 20.8 Å². The Bertz CT molecular complexity index is 384. The summed E-state index contributed by atoms with van der Waals surface area (Å²) in [6, 6.07) is 0. The minimum Gasteiger partial charge on any atom is -0.355 e. The molecule has 1 heterocycles. The van der Waals surface area contributed by atoms with Gasteiger partial charge in [-0.25, -0.2) is 0 Å². The molecule has 0 saturated heterocycles. The summed E-state index contributed by atoms with van der Waals surface area (Å²) in [6.45, 7) is 5.08. The van der Waals surface area contributed by atoms with Gasteiger partial charge in [0.25, 0.3) is 0 Å². The lowest BCUT2D eigenvalue weighted by molar-refractivity contribution is -0.120. The first kappa shape index (κ1) is 17.2. The van der Waals surface area contributed by atoms with Crippen molar-refractivity contribution in [2.24, 2.45) is 7.05 Å². The molecule has 1 unspecified atom stereocenters. The Balaban J connectivity index is 0.00000289. The van der Waals surface area contributed by atoms with Gasteiger partial charge in [-0.05, 0) is 20.9 Å². The van der Waals surface area contributed by atoms with E-state index < -0.39 is 0 Å². The van der Waals surface area contributed by atoms with Crippen LogP contribution in [0.25, 0.3) is 0 Å². The van der Waals surface area contributed by atoms with E-state index >= 15 is 0 Å². The van der Waals surface area contributed by atoms with Crippen LogP contribution in [0, 0.1) is 0 Å². The van der Waals surface area contributed by atoms with Crippen molar-refractivity contribution >= 4 is 30.1 Å². The number of carbonyl (C=O) groups excluding carboxylic acids is 1. The van der Waals surface area contributed by atoms with E-state index in [-0.39, 0.29) is 23.6 Å². The van der Waals surface area contributed by atoms with Gasteiger partial charge in [-0.2, -0.15) is 0 Å². The van der Waals surface area contributed by atoms with Crippen molar-refractivity contribution in [2.75, 3.05) is 13.6 Å². The molecule has 0 aliphatic carbocycles. The van der Waals surface area contributed by atoms with Gasteiger partial charge in [0.05, 0.1) is 11.8 Å². The number of rotatable bonds is 6. The lowest BCUT2D eigenvalue weighted by Gasteiger charge is -2.10. The normalized spacial score (nSPS) is 11.8. The fourth-order valence-corrected chi connectivity index (χ4v) is 2.15. The number of aromatic nitrogens is 3. The number of nitrogens with one attached hydrogen (secondary N) is 2. The van der Waals surface area contributed by atoms with E-state index in [1.54, 1.807) is 0 Å². The third kappa shape index (κ3) is 4.47. The van der Waals surface area contributed by atoms with Crippen molar-refractivity contribution in [1.82, 2.24) is 25.4 Å². The maximum Gasteiger partial charge on any atom is 0.233 e. The number of thioether (sulfide) groups is 1. The Hall–Kier alpha value is -0.790. The van der Waals surface area contributed by atoms with E-state index in [0.29, 0.717) is 13.1 Å². The van der Waals surface area contributed by atoms with E-state index in [4.69, 9.17) is 0 Å². The molecule has 6 nitrogen and oxygen atoms in total. The summed E-state index contributed by atoms with van der Waals surface area (Å²) in [5.41, 5.74) is 0. The van der Waals surface area contributed by atoms with Crippen molar-refractivity contribution in [2.45, 2.75) is 30.8 Å². The highest BCUT2D eigenvalue weighted by Crippen LogP contribution is 2.21. The SMILES string of the molecule is CCNC(=O)C(C)Sc1nnc(CNC)n1C.Cl. The second-order valence-corrected chi connectivity index (χ2v) is 4.95. The number of nitrogens with zero attached hydrogens (tertiary/aromatic N) is 3. The van der Waals surface area contributed by atoms with Crippen molar-refractivity contribution in [3.63, 3.8) is 0 Å². The molecule has 0 saturated carbocycles. The highest BCUT2D eigenvalue weighted by atomic mass is 35.5. The molecular formula is C10H20ClN5OS. The lowest BCUT2D eigenvalue weighted by atomic mass is 10.4. The van der Waals surface area contributed by atoms with Crippen LogP contribution in [-0.2, 0) is 18.4 Å². The van der Waals surface area contributed by atoms with Crippen molar-refractivity contribution < 1.29 is 4.79 Å². The molecule has 0 radical (unpaired) electrons. The predicted molar refractivity (Wildman–Crippen MR) is 75.0 cm³/mol. The first-order valence-corrected chi connectivity index (χ1v) is 6.45. The third-order valence-electron chi connectivity index (χ3n) is 2.26. The molecule has 104 valence electrons. The highest BCUT2D eigenvalue weighted by Gasteiger charge is 2.17. The van der Waals surface area contributed by atoms with E-state index in [0.717, 1.165) is 11.0 Å². The smallest absolute Gasteiger partial charge is 0.233 e. The second-order valence-electron chi connectivity index (χ2n) is 3.64. The molecule has 8 heteroatoms. The Labute approximate surface area is 118 Å². The van der Waals surface area contributed by atoms with Crippen LogP contribution in [0.15, 0.2) is 5.16 Å². The predicted octanol–water partition coefficient (Wildman–Crippen LogP) is 0.573. The summed E-state index contributed by atoms with van der Waals surface area (Å²) in [5, 5.41) is 14.5. The van der Waals surface area contributed by atoms with E-state index in [9.17, 15) is 4.79 Å². The van der Waals surface area contributed by atoms with Crippen molar-refractivity contribution in [3.8, 4) is 0 Å². The van der Waals surface area contributed by atoms with Crippen LogP contribution in [-0.4, -0.2) is 39.5 Å². The van der Waals surface area contributed by atoms with E-state index in [1.807, 2.05) is 32.5 Å². The maximum atomic E-state index is 11.6. The Kier molecular flexibility index (Phi) is 7.97. The van der Waals surface area contributed by atoms with Crippen LogP contribution in [0.5, 0.6) is 0 Å². The molecule has 1 aromatic rings. The monoisotopic (exact) mass is 293 g/mol. The first-order valence-electron chi connectivity index (χ1n) is 5.57. The third-order valence-corrected chi connectivity index (χ3v) is 3.40. The lowest BCUT2D eigenvalue weighted by Crippen LogP contribution is -2.30. The first-order chi connectivity index (χ1) is 8.10. The zero-order chi connectivity index (χ0) is 12.8. The fourth-order valence-electron chi connectivity index (χ4n) is 1.29. The number of carbonyl (C=O) groups is 1. The van der Waals surface area contributed by atoms with Crippen LogP contribution >= 0.6 is 24.2 Å². The van der Waals surface area contributed by atoms with Gasteiger partial charge in [0, 0.05) is 13.6 Å². The zero-order valence-electron chi connectivity index (χ0n) is 11.1. The van der Waals surface area contributed by atoms with E-state index in [1.165, 1.54) is 11.8 Å². The van der Waals surface area contributed by atoms with Crippen LogP contribution in [0.3, 0.4) is 0 Å². The van der Waals surface area contributed by atoms with Gasteiger partial charge in [0.2, 0.25) is 5.91 Å². The summed E-state index contributed by atoms with van der Waals surface area (Å²) >= 11 is 1.41. The quantitative estimate of drug-likeness (QED) is 0.751. The van der Waals surface area contributed by atoms with Crippen LogP contribution < -0.4 is 10.6 Å².